The Kier molecular flexibility index (Phi) is 4.74. The molecule has 0 spiro atoms. The van der Waals surface area contributed by atoms with Crippen molar-refractivity contribution in [3.63, 3.8) is 0 Å². The van der Waals surface area contributed by atoms with Gasteiger partial charge in [-0.15, -0.1) is 0 Å². The SMILES string of the molecule is CNC(=O)OC(C)(CC(=O)O)C[N+](C)(C)C. The van der Waals surface area contributed by atoms with Gasteiger partial charge in [-0.25, -0.2) is 4.79 Å². The van der Waals surface area contributed by atoms with Gasteiger partial charge in [-0.2, -0.15) is 0 Å². The molecule has 0 rings (SSSR count). The average molecular weight is 233 g/mol. The fourth-order valence-corrected chi connectivity index (χ4v) is 1.72. The summed E-state index contributed by atoms with van der Waals surface area (Å²) in [4.78, 5) is 21.9. The van der Waals surface area contributed by atoms with Crippen molar-refractivity contribution in [2.45, 2.75) is 18.9 Å². The number of nitrogens with one attached hydrogen (secondary N) is 1. The molecule has 0 aliphatic heterocycles. The molecule has 1 atom stereocenters. The van der Waals surface area contributed by atoms with E-state index in [1.807, 2.05) is 21.1 Å². The molecule has 0 fully saturated rings. The topological polar surface area (TPSA) is 75.6 Å². The summed E-state index contributed by atoms with van der Waals surface area (Å²) in [7, 11) is 7.17. The second-order valence-electron chi connectivity index (χ2n) is 5.11. The fraction of sp³-hybridized carbons (Fsp3) is 0.800. The van der Waals surface area contributed by atoms with Crippen molar-refractivity contribution < 1.29 is 23.9 Å². The van der Waals surface area contributed by atoms with Gasteiger partial charge in [0.15, 0.2) is 5.60 Å². The number of carboxylic acid groups (broad SMARTS) is 1. The van der Waals surface area contributed by atoms with Crippen molar-refractivity contribution in [1.29, 1.82) is 0 Å². The minimum Gasteiger partial charge on any atom is -0.481 e. The molecular weight excluding hydrogens is 212 g/mol. The van der Waals surface area contributed by atoms with Crippen molar-refractivity contribution in [3.05, 3.63) is 0 Å². The quantitative estimate of drug-likeness (QED) is 0.669. The van der Waals surface area contributed by atoms with Crippen LogP contribution in [0.1, 0.15) is 13.3 Å². The Morgan fingerprint density at radius 1 is 1.38 bits per heavy atom. The fourth-order valence-electron chi connectivity index (χ4n) is 1.72. The van der Waals surface area contributed by atoms with Crippen LogP contribution in [0.15, 0.2) is 0 Å². The maximum Gasteiger partial charge on any atom is 0.407 e. The summed E-state index contributed by atoms with van der Waals surface area (Å²) in [6.45, 7) is 2.05. The van der Waals surface area contributed by atoms with E-state index < -0.39 is 17.7 Å². The van der Waals surface area contributed by atoms with Gasteiger partial charge >= 0.3 is 12.1 Å². The number of likely N-dealkylation sites (N-methyl/N-ethyl adjacent to an activating group) is 1. The summed E-state index contributed by atoms with van der Waals surface area (Å²) in [5.41, 5.74) is -1.01. The zero-order chi connectivity index (χ0) is 13.0. The normalized spacial score (nSPS) is 15.1. The van der Waals surface area contributed by atoms with Gasteiger partial charge in [-0.05, 0) is 6.92 Å². The monoisotopic (exact) mass is 233 g/mol. The van der Waals surface area contributed by atoms with Crippen LogP contribution in [0, 0.1) is 0 Å². The van der Waals surface area contributed by atoms with Crippen LogP contribution >= 0.6 is 0 Å². The lowest BCUT2D eigenvalue weighted by atomic mass is 10.0. The summed E-state index contributed by atoms with van der Waals surface area (Å²) in [5, 5.41) is 11.1. The first kappa shape index (κ1) is 14.7. The van der Waals surface area contributed by atoms with E-state index in [1.165, 1.54) is 7.05 Å². The number of carbonyl (C=O) groups is 2. The third-order valence-corrected chi connectivity index (χ3v) is 1.88. The minimum atomic E-state index is -1.01. The van der Waals surface area contributed by atoms with E-state index >= 15 is 0 Å². The molecule has 0 aliphatic carbocycles. The predicted octanol–water partition coefficient (Wildman–Crippen LogP) is 0.282. The second kappa shape index (κ2) is 5.16. The van der Waals surface area contributed by atoms with Crippen LogP contribution < -0.4 is 5.32 Å². The van der Waals surface area contributed by atoms with Gasteiger partial charge < -0.3 is 19.6 Å². The van der Waals surface area contributed by atoms with Gasteiger partial charge in [0.25, 0.3) is 0 Å². The molecule has 0 aliphatic rings. The molecule has 0 radical (unpaired) electrons. The summed E-state index contributed by atoms with van der Waals surface area (Å²) < 4.78 is 5.64. The molecule has 0 saturated carbocycles. The number of alkyl carbamates (subject to hydrolysis) is 1. The molecule has 0 aromatic rings. The van der Waals surface area contributed by atoms with Gasteiger partial charge in [0.1, 0.15) is 6.54 Å². The maximum atomic E-state index is 11.2. The Morgan fingerprint density at radius 3 is 2.19 bits per heavy atom. The highest BCUT2D eigenvalue weighted by molar-refractivity contribution is 5.71. The Balaban J connectivity index is 4.74. The summed E-state index contributed by atoms with van der Waals surface area (Å²) >= 11 is 0. The van der Waals surface area contributed by atoms with E-state index in [-0.39, 0.29) is 6.42 Å². The molecule has 94 valence electrons. The molecule has 6 nitrogen and oxygen atoms in total. The molecule has 1 amide bonds. The van der Waals surface area contributed by atoms with Crippen LogP contribution in [0.3, 0.4) is 0 Å². The van der Waals surface area contributed by atoms with Crippen molar-refractivity contribution in [3.8, 4) is 0 Å². The predicted molar refractivity (Wildman–Crippen MR) is 59.1 cm³/mol. The number of aliphatic carboxylic acids is 1. The van der Waals surface area contributed by atoms with E-state index in [1.54, 1.807) is 6.92 Å². The van der Waals surface area contributed by atoms with Crippen LogP contribution in [0.4, 0.5) is 4.79 Å². The molecule has 0 bridgehead atoms. The number of rotatable bonds is 5. The first-order chi connectivity index (χ1) is 7.08. The number of hydrogen-bond acceptors (Lipinski definition) is 3. The number of quaternary nitrogens is 1. The molecule has 16 heavy (non-hydrogen) atoms. The number of nitrogens with zero attached hydrogens (tertiary/aromatic N) is 1. The zero-order valence-corrected chi connectivity index (χ0v) is 10.5. The molecule has 1 unspecified atom stereocenters. The van der Waals surface area contributed by atoms with E-state index in [4.69, 9.17) is 9.84 Å². The number of amides is 1. The molecule has 0 aromatic carbocycles. The Bertz CT molecular complexity index is 272. The molecule has 0 saturated heterocycles. The Hall–Kier alpha value is -1.30. The third-order valence-electron chi connectivity index (χ3n) is 1.88. The lowest BCUT2D eigenvalue weighted by Gasteiger charge is -2.35. The van der Waals surface area contributed by atoms with E-state index in [9.17, 15) is 9.59 Å². The molecule has 6 heteroatoms. The van der Waals surface area contributed by atoms with Gasteiger partial charge in [-0.1, -0.05) is 0 Å². The highest BCUT2D eigenvalue weighted by Gasteiger charge is 2.37. The maximum absolute atomic E-state index is 11.2. The van der Waals surface area contributed by atoms with E-state index in [2.05, 4.69) is 5.32 Å². The van der Waals surface area contributed by atoms with Crippen molar-refractivity contribution in [2.75, 3.05) is 34.7 Å². The largest absolute Gasteiger partial charge is 0.481 e. The van der Waals surface area contributed by atoms with E-state index in [0.29, 0.717) is 11.0 Å². The van der Waals surface area contributed by atoms with Crippen molar-refractivity contribution in [2.24, 2.45) is 0 Å². The molecule has 2 N–H and O–H groups in total. The lowest BCUT2D eigenvalue weighted by molar-refractivity contribution is -0.876. The van der Waals surface area contributed by atoms with Gasteiger partial charge in [0.05, 0.1) is 27.6 Å². The van der Waals surface area contributed by atoms with Crippen molar-refractivity contribution in [1.82, 2.24) is 5.32 Å². The smallest absolute Gasteiger partial charge is 0.407 e. The molecular formula is C10H21N2O4+. The van der Waals surface area contributed by atoms with Gasteiger partial charge in [0, 0.05) is 7.05 Å². The average Bonchev–Trinajstić information content (AvgIpc) is 1.97. The van der Waals surface area contributed by atoms with Crippen LogP contribution in [-0.2, 0) is 9.53 Å². The number of hydrogen-bond donors (Lipinski definition) is 2. The second-order valence-corrected chi connectivity index (χ2v) is 5.11. The number of ether oxygens (including phenoxy) is 1. The van der Waals surface area contributed by atoms with Crippen LogP contribution in [-0.4, -0.2) is 62.0 Å². The van der Waals surface area contributed by atoms with Gasteiger partial charge in [0.2, 0.25) is 0 Å². The Labute approximate surface area is 95.8 Å². The van der Waals surface area contributed by atoms with Gasteiger partial charge in [-0.3, -0.25) is 4.79 Å². The summed E-state index contributed by atoms with van der Waals surface area (Å²) in [6, 6.07) is 0. The van der Waals surface area contributed by atoms with Crippen LogP contribution in [0.25, 0.3) is 0 Å². The zero-order valence-electron chi connectivity index (χ0n) is 10.5. The highest BCUT2D eigenvalue weighted by Crippen LogP contribution is 2.19. The number of carbonyl (C=O) groups excluding carboxylic acids is 1. The van der Waals surface area contributed by atoms with E-state index in [0.717, 1.165) is 0 Å². The molecule has 0 aromatic heterocycles. The lowest BCUT2D eigenvalue weighted by Crippen LogP contribution is -2.51. The Morgan fingerprint density at radius 2 is 1.88 bits per heavy atom. The highest BCUT2D eigenvalue weighted by atomic mass is 16.6. The van der Waals surface area contributed by atoms with Crippen molar-refractivity contribution >= 4 is 12.1 Å². The third kappa shape index (κ3) is 6.23. The minimum absolute atomic E-state index is 0.212. The summed E-state index contributed by atoms with van der Waals surface area (Å²) in [6.07, 6.45) is -0.826. The standard InChI is InChI=1S/C10H20N2O4/c1-10(6-8(13)14,7-12(3,4)5)16-9(15)11-2/h6-7H2,1-5H3,(H-,11,13,14,15)/p+1. The first-order valence-corrected chi connectivity index (χ1v) is 5.01. The number of carboxylic acids is 1. The first-order valence-electron chi connectivity index (χ1n) is 5.01. The molecule has 0 heterocycles. The van der Waals surface area contributed by atoms with Crippen LogP contribution in [0.2, 0.25) is 0 Å². The summed E-state index contributed by atoms with van der Waals surface area (Å²) in [5.74, 6) is -0.986. The van der Waals surface area contributed by atoms with Crippen LogP contribution in [0.5, 0.6) is 0 Å².